The summed E-state index contributed by atoms with van der Waals surface area (Å²) < 4.78 is 0. The quantitative estimate of drug-likeness (QED) is 0.864. The average Bonchev–Trinajstić information content (AvgIpc) is 2.46. The molecular formula is C17H19NO. The molecular weight excluding hydrogens is 234 g/mol. The lowest BCUT2D eigenvalue weighted by atomic mass is 9.79. The third-order valence-corrected chi connectivity index (χ3v) is 4.25. The zero-order valence-corrected chi connectivity index (χ0v) is 11.1. The predicted molar refractivity (Wildman–Crippen MR) is 78.3 cm³/mol. The number of amides is 1. The Balaban J connectivity index is 2.21. The van der Waals surface area contributed by atoms with Gasteiger partial charge >= 0.3 is 0 Å². The number of fused-ring (bicyclic) bond motifs is 1. The first kappa shape index (κ1) is 12.2. The largest absolute Gasteiger partial charge is 0.366 e. The van der Waals surface area contributed by atoms with Gasteiger partial charge in [0.05, 0.1) is 0 Å². The van der Waals surface area contributed by atoms with E-state index in [1.54, 1.807) is 0 Å². The summed E-state index contributed by atoms with van der Waals surface area (Å²) in [5.74, 6) is 0.189. The maximum absolute atomic E-state index is 11.7. The van der Waals surface area contributed by atoms with Crippen molar-refractivity contribution in [2.24, 2.45) is 5.73 Å². The summed E-state index contributed by atoms with van der Waals surface area (Å²) in [5.41, 5.74) is 7.47. The Morgan fingerprint density at radius 3 is 2.47 bits per heavy atom. The highest BCUT2D eigenvalue weighted by Crippen LogP contribution is 2.38. The van der Waals surface area contributed by atoms with Gasteiger partial charge in [-0.05, 0) is 41.2 Å². The highest BCUT2D eigenvalue weighted by Gasteiger charge is 2.22. The minimum absolute atomic E-state index is 0.300. The van der Waals surface area contributed by atoms with Crippen molar-refractivity contribution in [1.29, 1.82) is 0 Å². The summed E-state index contributed by atoms with van der Waals surface area (Å²) >= 11 is 0. The normalized spacial score (nSPS) is 16.6. The van der Waals surface area contributed by atoms with Crippen LogP contribution in [0.2, 0.25) is 0 Å². The monoisotopic (exact) mass is 253 g/mol. The van der Waals surface area contributed by atoms with E-state index in [0.717, 1.165) is 0 Å². The molecule has 0 unspecified atom stereocenters. The number of rotatable bonds is 2. The van der Waals surface area contributed by atoms with Crippen LogP contribution in [0.25, 0.3) is 10.8 Å². The molecule has 2 aromatic carbocycles. The lowest BCUT2D eigenvalue weighted by Crippen LogP contribution is -2.17. The maximum atomic E-state index is 11.7. The summed E-state index contributed by atoms with van der Waals surface area (Å²) in [5, 5.41) is 2.40. The van der Waals surface area contributed by atoms with Crippen molar-refractivity contribution in [2.75, 3.05) is 0 Å². The molecule has 19 heavy (non-hydrogen) atoms. The van der Waals surface area contributed by atoms with Crippen LogP contribution in [0, 0.1) is 0 Å². The first-order chi connectivity index (χ1) is 9.27. The van der Waals surface area contributed by atoms with Gasteiger partial charge in [0.1, 0.15) is 0 Å². The molecule has 3 rings (SSSR count). The number of carbonyl (C=O) groups is 1. The van der Waals surface area contributed by atoms with Crippen molar-refractivity contribution in [2.45, 2.75) is 38.0 Å². The number of primary amides is 1. The van der Waals surface area contributed by atoms with Gasteiger partial charge in [0.2, 0.25) is 5.91 Å². The molecule has 1 aliphatic carbocycles. The Bertz CT molecular complexity index is 612. The van der Waals surface area contributed by atoms with E-state index in [-0.39, 0.29) is 5.91 Å². The molecule has 0 aromatic heterocycles. The van der Waals surface area contributed by atoms with Gasteiger partial charge in [0.25, 0.3) is 0 Å². The molecule has 0 aliphatic heterocycles. The average molecular weight is 253 g/mol. The molecule has 0 saturated heterocycles. The zero-order chi connectivity index (χ0) is 13.2. The van der Waals surface area contributed by atoms with Gasteiger partial charge in [0.15, 0.2) is 0 Å². The third kappa shape index (κ3) is 2.23. The van der Waals surface area contributed by atoms with Crippen molar-refractivity contribution < 1.29 is 4.79 Å². The number of benzene rings is 2. The van der Waals surface area contributed by atoms with E-state index in [0.29, 0.717) is 11.5 Å². The van der Waals surface area contributed by atoms with Crippen LogP contribution in [0.3, 0.4) is 0 Å². The Morgan fingerprint density at radius 1 is 1.00 bits per heavy atom. The van der Waals surface area contributed by atoms with Crippen molar-refractivity contribution in [3.63, 3.8) is 0 Å². The number of nitrogens with two attached hydrogens (primary N) is 1. The zero-order valence-electron chi connectivity index (χ0n) is 11.1. The highest BCUT2D eigenvalue weighted by molar-refractivity contribution is 6.01. The fourth-order valence-corrected chi connectivity index (χ4v) is 3.34. The van der Waals surface area contributed by atoms with Crippen LogP contribution < -0.4 is 5.73 Å². The van der Waals surface area contributed by atoms with Gasteiger partial charge in [-0.2, -0.15) is 0 Å². The van der Waals surface area contributed by atoms with Crippen molar-refractivity contribution >= 4 is 16.7 Å². The summed E-state index contributed by atoms with van der Waals surface area (Å²) in [4.78, 5) is 11.7. The highest BCUT2D eigenvalue weighted by atomic mass is 16.1. The first-order valence-electron chi connectivity index (χ1n) is 7.09. The van der Waals surface area contributed by atoms with E-state index < -0.39 is 0 Å². The molecule has 98 valence electrons. The van der Waals surface area contributed by atoms with E-state index in [1.165, 1.54) is 48.4 Å². The van der Waals surface area contributed by atoms with E-state index in [9.17, 15) is 4.79 Å². The van der Waals surface area contributed by atoms with Gasteiger partial charge in [-0.15, -0.1) is 0 Å². The SMILES string of the molecule is NC(=O)c1ccc2ccccc2c1C1CCCCC1. The summed E-state index contributed by atoms with van der Waals surface area (Å²) in [6.07, 6.45) is 6.17. The van der Waals surface area contributed by atoms with Crippen LogP contribution in [0.4, 0.5) is 0 Å². The van der Waals surface area contributed by atoms with Crippen LogP contribution in [-0.4, -0.2) is 5.91 Å². The van der Waals surface area contributed by atoms with E-state index in [4.69, 9.17) is 5.73 Å². The van der Waals surface area contributed by atoms with Crippen molar-refractivity contribution in [3.05, 3.63) is 47.5 Å². The number of carbonyl (C=O) groups excluding carboxylic acids is 1. The molecule has 0 bridgehead atoms. The maximum Gasteiger partial charge on any atom is 0.249 e. The standard InChI is InChI=1S/C17H19NO/c18-17(19)15-11-10-12-6-4-5-9-14(12)16(15)13-7-2-1-3-8-13/h4-6,9-11,13H,1-3,7-8H2,(H2,18,19). The second-order valence-corrected chi connectivity index (χ2v) is 5.45. The van der Waals surface area contributed by atoms with Crippen LogP contribution in [-0.2, 0) is 0 Å². The first-order valence-corrected chi connectivity index (χ1v) is 7.09. The Morgan fingerprint density at radius 2 is 1.74 bits per heavy atom. The van der Waals surface area contributed by atoms with E-state index in [2.05, 4.69) is 12.1 Å². The molecule has 2 nitrogen and oxygen atoms in total. The molecule has 2 aromatic rings. The fourth-order valence-electron chi connectivity index (χ4n) is 3.34. The molecule has 1 fully saturated rings. The van der Waals surface area contributed by atoms with Crippen LogP contribution in [0.5, 0.6) is 0 Å². The Labute approximate surface area is 113 Å². The molecule has 2 N–H and O–H groups in total. The van der Waals surface area contributed by atoms with E-state index in [1.807, 2.05) is 24.3 Å². The molecule has 2 heteroatoms. The molecule has 1 amide bonds. The number of hydrogen-bond acceptors (Lipinski definition) is 1. The minimum Gasteiger partial charge on any atom is -0.366 e. The van der Waals surface area contributed by atoms with E-state index >= 15 is 0 Å². The minimum atomic E-state index is -0.300. The van der Waals surface area contributed by atoms with Crippen molar-refractivity contribution in [3.8, 4) is 0 Å². The molecule has 0 radical (unpaired) electrons. The van der Waals surface area contributed by atoms with Gasteiger partial charge in [-0.3, -0.25) is 4.79 Å². The molecule has 0 spiro atoms. The Kier molecular flexibility index (Phi) is 3.24. The second-order valence-electron chi connectivity index (χ2n) is 5.45. The van der Waals surface area contributed by atoms with Gasteiger partial charge in [-0.25, -0.2) is 0 Å². The second kappa shape index (κ2) is 5.04. The molecule has 0 heterocycles. The van der Waals surface area contributed by atoms with Crippen LogP contribution in [0.15, 0.2) is 36.4 Å². The lowest BCUT2D eigenvalue weighted by molar-refractivity contribution is 0.0999. The van der Waals surface area contributed by atoms with Crippen molar-refractivity contribution in [1.82, 2.24) is 0 Å². The molecule has 0 atom stereocenters. The summed E-state index contributed by atoms with van der Waals surface area (Å²) in [7, 11) is 0. The fraction of sp³-hybridized carbons (Fsp3) is 0.353. The molecule has 1 aliphatic rings. The summed E-state index contributed by atoms with van der Waals surface area (Å²) in [6, 6.07) is 12.2. The van der Waals surface area contributed by atoms with Crippen LogP contribution >= 0.6 is 0 Å². The van der Waals surface area contributed by atoms with Gasteiger partial charge < -0.3 is 5.73 Å². The van der Waals surface area contributed by atoms with Gasteiger partial charge in [0, 0.05) is 5.56 Å². The third-order valence-electron chi connectivity index (χ3n) is 4.25. The topological polar surface area (TPSA) is 43.1 Å². The van der Waals surface area contributed by atoms with Gasteiger partial charge in [-0.1, -0.05) is 49.6 Å². The smallest absolute Gasteiger partial charge is 0.249 e. The van der Waals surface area contributed by atoms with Crippen LogP contribution in [0.1, 0.15) is 53.9 Å². The summed E-state index contributed by atoms with van der Waals surface area (Å²) in [6.45, 7) is 0. The Hall–Kier alpha value is -1.83. The number of hydrogen-bond donors (Lipinski definition) is 1. The molecule has 1 saturated carbocycles. The predicted octanol–water partition coefficient (Wildman–Crippen LogP) is 3.99. The lowest BCUT2D eigenvalue weighted by Gasteiger charge is -2.25.